The number of hydrogen-bond donors (Lipinski definition) is 1. The second-order valence-corrected chi connectivity index (χ2v) is 5.70. The number of carbonyl (C=O) groups excluding carboxylic acids is 1. The van der Waals surface area contributed by atoms with Crippen LogP contribution in [-0.2, 0) is 4.79 Å². The lowest BCUT2D eigenvalue weighted by molar-refractivity contribution is -0.110. The topological polar surface area (TPSA) is 17.1 Å². The summed E-state index contributed by atoms with van der Waals surface area (Å²) in [6.45, 7) is 2.05. The number of hydrogen-bond acceptors (Lipinski definition) is 3. The highest BCUT2D eigenvalue weighted by atomic mass is 33.1. The predicted molar refractivity (Wildman–Crippen MR) is 63.1 cm³/mol. The molecule has 72 valence electrons. The molecule has 0 aromatic rings. The molecule has 0 amide bonds. The Kier molecular flexibility index (Phi) is 10.4. The molecule has 1 heterocycles. The molecule has 0 atom stereocenters. The molecule has 12 heavy (non-hydrogen) atoms. The quantitative estimate of drug-likeness (QED) is 0.585. The third-order valence-electron chi connectivity index (χ3n) is 1.28. The van der Waals surface area contributed by atoms with Crippen molar-refractivity contribution in [3.8, 4) is 0 Å². The monoisotopic (exact) mass is 224 g/mol. The summed E-state index contributed by atoms with van der Waals surface area (Å²) in [6, 6.07) is 0. The Morgan fingerprint density at radius 3 is 2.17 bits per heavy atom. The fourth-order valence-electron chi connectivity index (χ4n) is 0.623. The highest BCUT2D eigenvalue weighted by molar-refractivity contribution is 8.77. The largest absolute Gasteiger partial charge is 0.288 e. The zero-order valence-electron chi connectivity index (χ0n) is 7.41. The molecule has 1 aliphatic heterocycles. The molecule has 1 rings (SSSR count). The van der Waals surface area contributed by atoms with E-state index < -0.39 is 0 Å². The Labute approximate surface area is 88.3 Å². The van der Waals surface area contributed by atoms with E-state index in [9.17, 15) is 4.79 Å². The Morgan fingerprint density at radius 2 is 2.00 bits per heavy atom. The summed E-state index contributed by atoms with van der Waals surface area (Å²) in [5, 5.41) is 0.00171. The summed E-state index contributed by atoms with van der Waals surface area (Å²) >= 11 is 3.59. The maximum Gasteiger partial charge on any atom is 0.185 e. The van der Waals surface area contributed by atoms with Gasteiger partial charge in [0.1, 0.15) is 0 Å². The van der Waals surface area contributed by atoms with Crippen LogP contribution in [0, 0.1) is 0 Å². The lowest BCUT2D eigenvalue weighted by atomic mass is 10.3. The van der Waals surface area contributed by atoms with E-state index in [0.717, 1.165) is 12.8 Å². The fraction of sp³-hybridized carbons (Fsp3) is 0.875. The van der Waals surface area contributed by atoms with E-state index in [1.165, 1.54) is 17.9 Å². The van der Waals surface area contributed by atoms with Gasteiger partial charge in [-0.25, -0.2) is 0 Å². The second-order valence-electron chi connectivity index (χ2n) is 2.49. The van der Waals surface area contributed by atoms with Gasteiger partial charge in [-0.2, -0.15) is 0 Å². The van der Waals surface area contributed by atoms with Crippen LogP contribution in [0.2, 0.25) is 0 Å². The highest BCUT2D eigenvalue weighted by Gasteiger charge is 1.96. The Bertz CT molecular complexity index is 105. The van der Waals surface area contributed by atoms with Crippen molar-refractivity contribution < 1.29 is 4.79 Å². The van der Waals surface area contributed by atoms with Crippen molar-refractivity contribution in [3.05, 3.63) is 0 Å². The van der Waals surface area contributed by atoms with Gasteiger partial charge in [0.25, 0.3) is 0 Å². The van der Waals surface area contributed by atoms with E-state index in [1.54, 1.807) is 0 Å². The van der Waals surface area contributed by atoms with Crippen molar-refractivity contribution >= 4 is 39.3 Å². The van der Waals surface area contributed by atoms with E-state index in [0.29, 0.717) is 6.42 Å². The smallest absolute Gasteiger partial charge is 0.185 e. The zero-order valence-corrected chi connectivity index (χ0v) is 9.94. The molecular formula is C8H16OS3. The molecule has 0 spiro atoms. The molecule has 0 aliphatic carbocycles. The van der Waals surface area contributed by atoms with Gasteiger partial charge in [0, 0.05) is 17.9 Å². The summed E-state index contributed by atoms with van der Waals surface area (Å²) in [5.74, 6) is 2.76. The molecule has 0 unspecified atom stereocenters. The second kappa shape index (κ2) is 9.81. The molecule has 0 radical (unpaired) electrons. The first-order valence-corrected chi connectivity index (χ1v) is 7.17. The molecule has 1 saturated heterocycles. The first-order valence-electron chi connectivity index (χ1n) is 4.23. The van der Waals surface area contributed by atoms with E-state index in [4.69, 9.17) is 0 Å². The van der Waals surface area contributed by atoms with Crippen LogP contribution >= 0.6 is 34.2 Å². The molecule has 1 fully saturated rings. The Balaban J connectivity index is 0.000000211. The maximum atomic E-state index is 10.1. The molecule has 4 heteroatoms. The Hall–Kier alpha value is 0.720. The molecule has 0 bridgehead atoms. The third kappa shape index (κ3) is 10.7. The van der Waals surface area contributed by atoms with Gasteiger partial charge in [0.2, 0.25) is 0 Å². The molecule has 1 nitrogen and oxygen atoms in total. The Morgan fingerprint density at radius 1 is 1.42 bits per heavy atom. The molecule has 0 N–H and O–H groups in total. The zero-order chi connectivity index (χ0) is 9.23. The summed E-state index contributed by atoms with van der Waals surface area (Å²) < 4.78 is 0. The van der Waals surface area contributed by atoms with Crippen molar-refractivity contribution in [2.24, 2.45) is 0 Å². The first kappa shape index (κ1) is 12.7. The summed E-state index contributed by atoms with van der Waals surface area (Å²) in [7, 11) is 3.98. The van der Waals surface area contributed by atoms with Crippen LogP contribution in [-0.4, -0.2) is 16.6 Å². The third-order valence-corrected chi connectivity index (χ3v) is 4.08. The van der Waals surface area contributed by atoms with Gasteiger partial charge in [-0.15, -0.1) is 12.6 Å². The molecule has 0 aromatic heterocycles. The SMILES string of the molecule is C1CSSC1.CCCCC(=O)S. The summed E-state index contributed by atoms with van der Waals surface area (Å²) in [6.07, 6.45) is 4.10. The van der Waals surface area contributed by atoms with Crippen LogP contribution < -0.4 is 0 Å². The van der Waals surface area contributed by atoms with Crippen molar-refractivity contribution in [1.82, 2.24) is 0 Å². The van der Waals surface area contributed by atoms with Crippen molar-refractivity contribution in [1.29, 1.82) is 0 Å². The molecule has 0 aromatic carbocycles. The van der Waals surface area contributed by atoms with Gasteiger partial charge < -0.3 is 0 Å². The van der Waals surface area contributed by atoms with Gasteiger partial charge in [-0.1, -0.05) is 34.9 Å². The van der Waals surface area contributed by atoms with E-state index in [2.05, 4.69) is 19.6 Å². The minimum atomic E-state index is 0.00171. The van der Waals surface area contributed by atoms with E-state index in [-0.39, 0.29) is 5.12 Å². The number of carbonyl (C=O) groups is 1. The van der Waals surface area contributed by atoms with Crippen LogP contribution in [0.4, 0.5) is 0 Å². The number of thiol groups is 1. The van der Waals surface area contributed by atoms with Crippen LogP contribution in [0.15, 0.2) is 0 Å². The fourth-order valence-corrected chi connectivity index (χ4v) is 3.14. The van der Waals surface area contributed by atoms with Gasteiger partial charge in [-0.05, 0) is 12.8 Å². The van der Waals surface area contributed by atoms with E-state index in [1.807, 2.05) is 21.6 Å². The van der Waals surface area contributed by atoms with Gasteiger partial charge >= 0.3 is 0 Å². The van der Waals surface area contributed by atoms with Gasteiger partial charge in [0.15, 0.2) is 5.12 Å². The average Bonchev–Trinajstić information content (AvgIpc) is 2.57. The van der Waals surface area contributed by atoms with Crippen molar-refractivity contribution in [3.63, 3.8) is 0 Å². The van der Waals surface area contributed by atoms with Crippen molar-refractivity contribution in [2.75, 3.05) is 11.5 Å². The van der Waals surface area contributed by atoms with Crippen LogP contribution in [0.25, 0.3) is 0 Å². The standard InChI is InChI=1S/C5H10OS.C3H6S2/c1-2-3-4-5(6)7;1-2-4-5-3-1/h2-4H2,1H3,(H,6,7);1-3H2. The molecular weight excluding hydrogens is 208 g/mol. The van der Waals surface area contributed by atoms with E-state index >= 15 is 0 Å². The lowest BCUT2D eigenvalue weighted by Crippen LogP contribution is -1.82. The normalized spacial score (nSPS) is 15.2. The molecule has 0 saturated carbocycles. The van der Waals surface area contributed by atoms with Crippen molar-refractivity contribution in [2.45, 2.75) is 32.6 Å². The predicted octanol–water partition coefficient (Wildman–Crippen LogP) is 3.40. The van der Waals surface area contributed by atoms with Gasteiger partial charge in [-0.3, -0.25) is 4.79 Å². The highest BCUT2D eigenvalue weighted by Crippen LogP contribution is 2.29. The number of rotatable bonds is 3. The minimum absolute atomic E-state index is 0.00171. The van der Waals surface area contributed by atoms with Crippen LogP contribution in [0.5, 0.6) is 0 Å². The average molecular weight is 224 g/mol. The maximum absolute atomic E-state index is 10.1. The van der Waals surface area contributed by atoms with Crippen LogP contribution in [0.3, 0.4) is 0 Å². The number of unbranched alkanes of at least 4 members (excludes halogenated alkanes) is 1. The summed E-state index contributed by atoms with van der Waals surface area (Å²) in [4.78, 5) is 10.1. The molecule has 1 aliphatic rings. The minimum Gasteiger partial charge on any atom is -0.288 e. The van der Waals surface area contributed by atoms with Crippen LogP contribution in [0.1, 0.15) is 32.6 Å². The van der Waals surface area contributed by atoms with Gasteiger partial charge in [0.05, 0.1) is 0 Å². The first-order chi connectivity index (χ1) is 5.77. The lowest BCUT2D eigenvalue weighted by Gasteiger charge is -1.85. The summed E-state index contributed by atoms with van der Waals surface area (Å²) in [5.41, 5.74) is 0.